The largest absolute Gasteiger partial charge is 0.368 e. The molecule has 1 aromatic rings. The van der Waals surface area contributed by atoms with Gasteiger partial charge in [0.2, 0.25) is 11.8 Å². The number of anilines is 1. The molecular formula is C15H21N3O3. The Labute approximate surface area is 124 Å². The quantitative estimate of drug-likeness (QED) is 0.898. The number of hydrogen-bond acceptors (Lipinski definition) is 3. The summed E-state index contributed by atoms with van der Waals surface area (Å²) in [6.07, 6.45) is 0. The van der Waals surface area contributed by atoms with Crippen LogP contribution in [0.2, 0.25) is 0 Å². The smallest absolute Gasteiger partial charge is 0.255 e. The summed E-state index contributed by atoms with van der Waals surface area (Å²) in [7, 11) is 3.24. The molecule has 0 aliphatic carbocycles. The number of primary amides is 1. The van der Waals surface area contributed by atoms with Crippen molar-refractivity contribution in [1.82, 2.24) is 4.90 Å². The van der Waals surface area contributed by atoms with Crippen LogP contribution >= 0.6 is 0 Å². The van der Waals surface area contributed by atoms with Crippen LogP contribution in [0, 0.1) is 0 Å². The molecule has 0 aliphatic heterocycles. The van der Waals surface area contributed by atoms with Crippen LogP contribution in [0.4, 0.5) is 5.69 Å². The average molecular weight is 291 g/mol. The Hall–Kier alpha value is -2.37. The predicted molar refractivity (Wildman–Crippen MR) is 80.9 cm³/mol. The van der Waals surface area contributed by atoms with Crippen molar-refractivity contribution < 1.29 is 14.4 Å². The lowest BCUT2D eigenvalue weighted by atomic mass is 9.98. The number of nitrogens with two attached hydrogens (primary N) is 1. The van der Waals surface area contributed by atoms with Gasteiger partial charge in [0.25, 0.3) is 5.91 Å². The van der Waals surface area contributed by atoms with E-state index in [-0.39, 0.29) is 11.8 Å². The first-order chi connectivity index (χ1) is 9.60. The van der Waals surface area contributed by atoms with Crippen LogP contribution in [0.3, 0.4) is 0 Å². The lowest BCUT2D eigenvalue weighted by Crippen LogP contribution is -2.56. The van der Waals surface area contributed by atoms with E-state index in [9.17, 15) is 14.4 Å². The van der Waals surface area contributed by atoms with Crippen molar-refractivity contribution in [1.29, 1.82) is 0 Å². The van der Waals surface area contributed by atoms with Crippen molar-refractivity contribution in [2.24, 2.45) is 5.73 Å². The summed E-state index contributed by atoms with van der Waals surface area (Å²) in [5.41, 5.74) is 4.87. The number of amides is 3. The van der Waals surface area contributed by atoms with E-state index in [1.54, 1.807) is 52.2 Å². The Balaban J connectivity index is 3.51. The van der Waals surface area contributed by atoms with Crippen LogP contribution in [0.15, 0.2) is 24.3 Å². The highest BCUT2D eigenvalue weighted by atomic mass is 16.2. The van der Waals surface area contributed by atoms with Gasteiger partial charge in [0.15, 0.2) is 0 Å². The van der Waals surface area contributed by atoms with Gasteiger partial charge in [-0.1, -0.05) is 12.1 Å². The molecule has 1 aromatic carbocycles. The zero-order valence-corrected chi connectivity index (χ0v) is 13.0. The van der Waals surface area contributed by atoms with Crippen molar-refractivity contribution in [3.8, 4) is 0 Å². The van der Waals surface area contributed by atoms with Crippen molar-refractivity contribution in [3.63, 3.8) is 0 Å². The summed E-state index contributed by atoms with van der Waals surface area (Å²) < 4.78 is 0. The van der Waals surface area contributed by atoms with Gasteiger partial charge in [-0.3, -0.25) is 19.3 Å². The molecule has 0 unspecified atom stereocenters. The maximum absolute atomic E-state index is 12.3. The Morgan fingerprint density at radius 3 is 2.05 bits per heavy atom. The minimum absolute atomic E-state index is 0.253. The van der Waals surface area contributed by atoms with Gasteiger partial charge < -0.3 is 10.6 Å². The molecule has 0 radical (unpaired) electrons. The van der Waals surface area contributed by atoms with Crippen LogP contribution in [0.1, 0.15) is 31.1 Å². The maximum Gasteiger partial charge on any atom is 0.255 e. The molecule has 0 spiro atoms. The third kappa shape index (κ3) is 3.21. The molecular weight excluding hydrogens is 270 g/mol. The van der Waals surface area contributed by atoms with Gasteiger partial charge in [-0.25, -0.2) is 0 Å². The predicted octanol–water partition coefficient (Wildman–Crippen LogP) is 1.01. The first kappa shape index (κ1) is 16.7. The molecule has 0 atom stereocenters. The maximum atomic E-state index is 12.3. The Morgan fingerprint density at radius 1 is 1.10 bits per heavy atom. The second-order valence-corrected chi connectivity index (χ2v) is 5.49. The summed E-state index contributed by atoms with van der Waals surface area (Å²) >= 11 is 0. The molecule has 2 N–H and O–H groups in total. The molecule has 0 aromatic heterocycles. The van der Waals surface area contributed by atoms with E-state index < -0.39 is 11.4 Å². The Kier molecular flexibility index (Phi) is 4.73. The van der Waals surface area contributed by atoms with Crippen LogP contribution in [-0.4, -0.2) is 42.3 Å². The number of nitrogens with zero attached hydrogens (tertiary/aromatic N) is 2. The monoisotopic (exact) mass is 291 g/mol. The first-order valence-electron chi connectivity index (χ1n) is 6.52. The van der Waals surface area contributed by atoms with Gasteiger partial charge in [0.1, 0.15) is 5.54 Å². The van der Waals surface area contributed by atoms with E-state index in [4.69, 9.17) is 5.73 Å². The van der Waals surface area contributed by atoms with Crippen molar-refractivity contribution in [2.75, 3.05) is 19.0 Å². The van der Waals surface area contributed by atoms with Crippen molar-refractivity contribution in [3.05, 3.63) is 29.8 Å². The van der Waals surface area contributed by atoms with E-state index in [0.29, 0.717) is 11.3 Å². The van der Waals surface area contributed by atoms with Crippen molar-refractivity contribution >= 4 is 23.4 Å². The summed E-state index contributed by atoms with van der Waals surface area (Å²) in [4.78, 5) is 38.6. The topological polar surface area (TPSA) is 83.7 Å². The standard InChI is InChI=1S/C15H21N3O3/c1-10(19)18(15(2,3)14(16)21)12-9-7-6-8-11(12)13(20)17(4)5/h6-9H,1-5H3,(H2,16,21). The number of carbonyl (C=O) groups excluding carboxylic acids is 3. The fraction of sp³-hybridized carbons (Fsp3) is 0.400. The zero-order valence-electron chi connectivity index (χ0n) is 13.0. The lowest BCUT2D eigenvalue weighted by molar-refractivity contribution is -0.126. The number of para-hydroxylation sites is 1. The van der Waals surface area contributed by atoms with Gasteiger partial charge in [0, 0.05) is 21.0 Å². The molecule has 0 aliphatic rings. The number of carbonyl (C=O) groups is 3. The molecule has 21 heavy (non-hydrogen) atoms. The Bertz CT molecular complexity index is 579. The lowest BCUT2D eigenvalue weighted by Gasteiger charge is -2.36. The Morgan fingerprint density at radius 2 is 1.62 bits per heavy atom. The second-order valence-electron chi connectivity index (χ2n) is 5.49. The molecule has 6 heteroatoms. The molecule has 0 heterocycles. The van der Waals surface area contributed by atoms with Gasteiger partial charge >= 0.3 is 0 Å². The molecule has 1 rings (SSSR count). The van der Waals surface area contributed by atoms with E-state index >= 15 is 0 Å². The molecule has 114 valence electrons. The summed E-state index contributed by atoms with van der Waals surface area (Å²) in [5, 5.41) is 0. The van der Waals surface area contributed by atoms with Gasteiger partial charge in [0.05, 0.1) is 11.3 Å². The molecule has 0 fully saturated rings. The summed E-state index contributed by atoms with van der Waals surface area (Å²) in [5.74, 6) is -1.26. The van der Waals surface area contributed by atoms with Crippen LogP contribution in [0.25, 0.3) is 0 Å². The highest BCUT2D eigenvalue weighted by Gasteiger charge is 2.37. The number of hydrogen-bond donors (Lipinski definition) is 1. The van der Waals surface area contributed by atoms with E-state index in [0.717, 1.165) is 0 Å². The second kappa shape index (κ2) is 5.95. The molecule has 0 saturated heterocycles. The highest BCUT2D eigenvalue weighted by Crippen LogP contribution is 2.28. The normalized spacial score (nSPS) is 10.9. The fourth-order valence-electron chi connectivity index (χ4n) is 2.06. The number of benzene rings is 1. The van der Waals surface area contributed by atoms with Gasteiger partial charge in [-0.05, 0) is 26.0 Å². The van der Waals surface area contributed by atoms with E-state index in [1.807, 2.05) is 0 Å². The molecule has 0 saturated carbocycles. The SMILES string of the molecule is CC(=O)N(c1ccccc1C(=O)N(C)C)C(C)(C)C(N)=O. The van der Waals surface area contributed by atoms with Crippen LogP contribution < -0.4 is 10.6 Å². The van der Waals surface area contributed by atoms with Crippen LogP contribution in [0.5, 0.6) is 0 Å². The third-order valence-corrected chi connectivity index (χ3v) is 3.26. The summed E-state index contributed by atoms with van der Waals surface area (Å²) in [6, 6.07) is 6.65. The van der Waals surface area contributed by atoms with E-state index in [1.165, 1.54) is 16.7 Å². The minimum atomic E-state index is -1.24. The fourth-order valence-corrected chi connectivity index (χ4v) is 2.06. The van der Waals surface area contributed by atoms with Crippen LogP contribution in [-0.2, 0) is 9.59 Å². The van der Waals surface area contributed by atoms with Gasteiger partial charge in [-0.2, -0.15) is 0 Å². The summed E-state index contributed by atoms with van der Waals surface area (Å²) in [6.45, 7) is 4.43. The third-order valence-electron chi connectivity index (χ3n) is 3.26. The molecule has 3 amide bonds. The molecule has 6 nitrogen and oxygen atoms in total. The molecule has 0 bridgehead atoms. The average Bonchev–Trinajstić information content (AvgIpc) is 2.37. The highest BCUT2D eigenvalue weighted by molar-refractivity contribution is 6.08. The first-order valence-corrected chi connectivity index (χ1v) is 6.52. The van der Waals surface area contributed by atoms with E-state index in [2.05, 4.69) is 0 Å². The number of rotatable bonds is 4. The zero-order chi connectivity index (χ0) is 16.4. The minimum Gasteiger partial charge on any atom is -0.368 e. The van der Waals surface area contributed by atoms with Gasteiger partial charge in [-0.15, -0.1) is 0 Å². The van der Waals surface area contributed by atoms with Crippen molar-refractivity contribution in [2.45, 2.75) is 26.3 Å².